The second-order valence-electron chi connectivity index (χ2n) is 6.21. The second-order valence-corrected chi connectivity index (χ2v) is 6.21. The number of nitrogens with zero attached hydrogens (tertiary/aromatic N) is 6. The van der Waals surface area contributed by atoms with Gasteiger partial charge < -0.3 is 0 Å². The molecule has 140 valence electrons. The molecule has 0 saturated heterocycles. The van der Waals surface area contributed by atoms with Crippen molar-refractivity contribution >= 4 is 5.52 Å². The molecule has 0 saturated carbocycles. The van der Waals surface area contributed by atoms with Gasteiger partial charge in [-0.05, 0) is 12.5 Å². The number of halogens is 3. The van der Waals surface area contributed by atoms with Gasteiger partial charge in [-0.2, -0.15) is 28.5 Å². The number of alkyl halides is 3. The highest BCUT2D eigenvalue weighted by Crippen LogP contribution is 2.31. The van der Waals surface area contributed by atoms with E-state index in [2.05, 4.69) is 25.4 Å². The fourth-order valence-corrected chi connectivity index (χ4v) is 3.02. The van der Waals surface area contributed by atoms with Crippen molar-refractivity contribution in [3.05, 3.63) is 43.2 Å². The van der Waals surface area contributed by atoms with Crippen LogP contribution in [-0.4, -0.2) is 40.8 Å². The van der Waals surface area contributed by atoms with Gasteiger partial charge >= 0.3 is 6.18 Å². The maximum absolute atomic E-state index is 12.8. The zero-order valence-electron chi connectivity index (χ0n) is 14.4. The number of hydrogen-bond donors (Lipinski definition) is 1. The van der Waals surface area contributed by atoms with E-state index in [0.29, 0.717) is 23.4 Å². The van der Waals surface area contributed by atoms with E-state index in [-0.39, 0.29) is 0 Å². The van der Waals surface area contributed by atoms with Crippen molar-refractivity contribution in [3.63, 3.8) is 0 Å². The molecule has 0 radical (unpaired) electrons. The topological polar surface area (TPSA) is 76.7 Å². The first kappa shape index (κ1) is 17.3. The van der Waals surface area contributed by atoms with E-state index in [9.17, 15) is 13.2 Å². The number of fused-ring (bicyclic) bond motifs is 1. The Morgan fingerprint density at radius 3 is 2.70 bits per heavy atom. The van der Waals surface area contributed by atoms with Crippen LogP contribution in [0.15, 0.2) is 43.2 Å². The number of hydrogen-bond acceptors (Lipinski definition) is 4. The first-order valence-corrected chi connectivity index (χ1v) is 8.39. The largest absolute Gasteiger partial charge is 0.391 e. The standard InChI is InChI=1S/C17H16F3N7/c1-2-13(5-17(18,19)20)26-9-12(8-24-26)16-15-3-4-23-27(15)10-14(25-16)11-6-21-22-7-11/h3-4,6-10,13H,2,5H2,1H3,(H,21,22). The summed E-state index contributed by atoms with van der Waals surface area (Å²) in [4.78, 5) is 4.66. The van der Waals surface area contributed by atoms with Gasteiger partial charge in [0.25, 0.3) is 0 Å². The summed E-state index contributed by atoms with van der Waals surface area (Å²) >= 11 is 0. The molecule has 0 aliphatic heterocycles. The molecule has 0 aliphatic rings. The van der Waals surface area contributed by atoms with Crippen LogP contribution < -0.4 is 0 Å². The molecule has 1 N–H and O–H groups in total. The molecule has 7 nitrogen and oxygen atoms in total. The summed E-state index contributed by atoms with van der Waals surface area (Å²) in [7, 11) is 0. The lowest BCUT2D eigenvalue weighted by Gasteiger charge is -2.17. The van der Waals surface area contributed by atoms with Crippen LogP contribution in [0.3, 0.4) is 0 Å². The highest BCUT2D eigenvalue weighted by Gasteiger charge is 2.32. The number of nitrogens with one attached hydrogen (secondary N) is 1. The molecule has 4 aromatic rings. The molecule has 0 amide bonds. The maximum Gasteiger partial charge on any atom is 0.391 e. The van der Waals surface area contributed by atoms with Crippen molar-refractivity contribution in [2.75, 3.05) is 0 Å². The molecule has 0 bridgehead atoms. The van der Waals surface area contributed by atoms with Gasteiger partial charge in [-0.15, -0.1) is 0 Å². The number of rotatable bonds is 5. The first-order chi connectivity index (χ1) is 12.9. The Bertz CT molecular complexity index is 1050. The minimum atomic E-state index is -4.25. The molecule has 4 aromatic heterocycles. The average molecular weight is 375 g/mol. The Balaban J connectivity index is 1.77. The molecule has 0 aromatic carbocycles. The third-order valence-electron chi connectivity index (χ3n) is 4.37. The van der Waals surface area contributed by atoms with Crippen LogP contribution in [0.5, 0.6) is 0 Å². The molecule has 1 unspecified atom stereocenters. The Labute approximate surface area is 151 Å². The second kappa shape index (κ2) is 6.53. The van der Waals surface area contributed by atoms with Gasteiger partial charge in [0.2, 0.25) is 0 Å². The highest BCUT2D eigenvalue weighted by atomic mass is 19.4. The SMILES string of the molecule is CCC(CC(F)(F)F)n1cc(-c2nc(-c3cn[nH]c3)cn3nccc23)cn1. The molecule has 0 spiro atoms. The van der Waals surface area contributed by atoms with Crippen molar-refractivity contribution in [2.24, 2.45) is 0 Å². The van der Waals surface area contributed by atoms with Gasteiger partial charge in [-0.25, -0.2) is 9.50 Å². The molecule has 0 fully saturated rings. The van der Waals surface area contributed by atoms with E-state index in [0.717, 1.165) is 11.1 Å². The Morgan fingerprint density at radius 2 is 2.00 bits per heavy atom. The van der Waals surface area contributed by atoms with Crippen molar-refractivity contribution in [2.45, 2.75) is 32.0 Å². The van der Waals surface area contributed by atoms with E-state index in [1.54, 1.807) is 48.5 Å². The van der Waals surface area contributed by atoms with E-state index in [1.807, 2.05) is 0 Å². The maximum atomic E-state index is 12.8. The zero-order chi connectivity index (χ0) is 19.0. The van der Waals surface area contributed by atoms with Gasteiger partial charge in [0.1, 0.15) is 0 Å². The fraction of sp³-hybridized carbons (Fsp3) is 0.294. The Morgan fingerprint density at radius 1 is 1.15 bits per heavy atom. The Kier molecular flexibility index (Phi) is 4.17. The predicted octanol–water partition coefficient (Wildman–Crippen LogP) is 3.89. The lowest BCUT2D eigenvalue weighted by atomic mass is 10.1. The van der Waals surface area contributed by atoms with Gasteiger partial charge in [-0.3, -0.25) is 9.78 Å². The van der Waals surface area contributed by atoms with Crippen molar-refractivity contribution in [1.29, 1.82) is 0 Å². The van der Waals surface area contributed by atoms with Gasteiger partial charge in [-0.1, -0.05) is 6.92 Å². The summed E-state index contributed by atoms with van der Waals surface area (Å²) in [6.07, 6.45) is 5.06. The molecule has 27 heavy (non-hydrogen) atoms. The summed E-state index contributed by atoms with van der Waals surface area (Å²) in [5.41, 5.74) is 3.39. The molecule has 4 heterocycles. The normalized spacial score (nSPS) is 13.3. The number of H-pyrrole nitrogens is 1. The monoisotopic (exact) mass is 375 g/mol. The number of aromatic amines is 1. The van der Waals surface area contributed by atoms with Crippen molar-refractivity contribution < 1.29 is 13.2 Å². The van der Waals surface area contributed by atoms with Crippen LogP contribution in [0.2, 0.25) is 0 Å². The summed E-state index contributed by atoms with van der Waals surface area (Å²) in [5, 5.41) is 15.1. The van der Waals surface area contributed by atoms with Gasteiger partial charge in [0.05, 0.1) is 54.2 Å². The molecule has 0 aliphatic carbocycles. The third kappa shape index (κ3) is 3.42. The molecule has 4 rings (SSSR count). The van der Waals surface area contributed by atoms with E-state index >= 15 is 0 Å². The quantitative estimate of drug-likeness (QED) is 0.574. The average Bonchev–Trinajstić information content (AvgIpc) is 3.38. The van der Waals surface area contributed by atoms with Gasteiger partial charge in [0, 0.05) is 23.5 Å². The van der Waals surface area contributed by atoms with E-state index in [1.165, 1.54) is 10.9 Å². The summed E-state index contributed by atoms with van der Waals surface area (Å²) < 4.78 is 41.5. The molecule has 1 atom stereocenters. The lowest BCUT2D eigenvalue weighted by molar-refractivity contribution is -0.143. The van der Waals surface area contributed by atoms with Crippen LogP contribution in [0.4, 0.5) is 13.2 Å². The summed E-state index contributed by atoms with van der Waals surface area (Å²) in [5.74, 6) is 0. The molecular formula is C17H16F3N7. The van der Waals surface area contributed by atoms with Crippen molar-refractivity contribution in [1.82, 2.24) is 34.6 Å². The minimum absolute atomic E-state index is 0.325. The Hall–Kier alpha value is -3.17. The van der Waals surface area contributed by atoms with Crippen molar-refractivity contribution in [3.8, 4) is 22.5 Å². The van der Waals surface area contributed by atoms with Crippen LogP contribution in [0, 0.1) is 0 Å². The lowest BCUT2D eigenvalue weighted by Crippen LogP contribution is -2.18. The van der Waals surface area contributed by atoms with Crippen LogP contribution in [0.1, 0.15) is 25.8 Å². The summed E-state index contributed by atoms with van der Waals surface area (Å²) in [6, 6.07) is 1.04. The first-order valence-electron chi connectivity index (χ1n) is 8.39. The fourth-order valence-electron chi connectivity index (χ4n) is 3.02. The summed E-state index contributed by atoms with van der Waals surface area (Å²) in [6.45, 7) is 1.71. The third-order valence-corrected chi connectivity index (χ3v) is 4.37. The zero-order valence-corrected chi connectivity index (χ0v) is 14.4. The smallest absolute Gasteiger partial charge is 0.285 e. The predicted molar refractivity (Wildman–Crippen MR) is 91.8 cm³/mol. The van der Waals surface area contributed by atoms with Crippen LogP contribution in [0.25, 0.3) is 28.0 Å². The van der Waals surface area contributed by atoms with E-state index < -0.39 is 18.6 Å². The van der Waals surface area contributed by atoms with Gasteiger partial charge in [0.15, 0.2) is 0 Å². The van der Waals surface area contributed by atoms with Crippen LogP contribution >= 0.6 is 0 Å². The molecule has 10 heteroatoms. The molecular weight excluding hydrogens is 359 g/mol. The van der Waals surface area contributed by atoms with Crippen LogP contribution in [-0.2, 0) is 0 Å². The minimum Gasteiger partial charge on any atom is -0.285 e. The van der Waals surface area contributed by atoms with E-state index in [4.69, 9.17) is 0 Å². The highest BCUT2D eigenvalue weighted by molar-refractivity contribution is 5.78. The number of aromatic nitrogens is 7.